The second-order valence-corrected chi connectivity index (χ2v) is 11.2. The number of hydrogen-bond acceptors (Lipinski definition) is 2. The van der Waals surface area contributed by atoms with Crippen molar-refractivity contribution in [2.24, 2.45) is 0 Å². The van der Waals surface area contributed by atoms with E-state index in [1.54, 1.807) is 12.1 Å². The molecule has 1 rings (SSSR count). The van der Waals surface area contributed by atoms with Crippen LogP contribution in [-0.2, 0) is 9.84 Å². The number of benzene rings is 1. The van der Waals surface area contributed by atoms with Gasteiger partial charge in [0, 0.05) is 0 Å². The molecule has 0 unspecified atom stereocenters. The molecule has 0 heterocycles. The molecule has 0 saturated carbocycles. The summed E-state index contributed by atoms with van der Waals surface area (Å²) in [7, 11) is -3.12. The zero-order chi connectivity index (χ0) is 10.1. The third-order valence-electron chi connectivity index (χ3n) is 1.58. The van der Waals surface area contributed by atoms with Crippen molar-refractivity contribution in [3.8, 4) is 0 Å². The van der Waals surface area contributed by atoms with Crippen molar-refractivity contribution in [3.63, 3.8) is 0 Å². The predicted octanol–water partition coefficient (Wildman–Crippen LogP) is 2.10. The molecule has 0 amide bonds. The molecule has 3 nitrogen and oxygen atoms in total. The minimum atomic E-state index is -3.12. The molecule has 0 aliphatic heterocycles. The first-order valence-electron chi connectivity index (χ1n) is 3.53. The maximum atomic E-state index is 11.6. The van der Waals surface area contributed by atoms with Gasteiger partial charge in [-0.3, -0.25) is 0 Å². The number of halogens is 2. The molecule has 0 saturated heterocycles. The maximum absolute atomic E-state index is 11.6. The number of sulfone groups is 1. The van der Waals surface area contributed by atoms with Crippen LogP contribution in [0.2, 0.25) is 0 Å². The average Bonchev–Trinajstić information content (AvgIpc) is 2.04. The summed E-state index contributed by atoms with van der Waals surface area (Å²) in [6.45, 7) is 1.93. The second-order valence-electron chi connectivity index (χ2n) is 2.62. The van der Waals surface area contributed by atoms with Crippen LogP contribution in [0.3, 0.4) is 0 Å². The van der Waals surface area contributed by atoms with Crippen molar-refractivity contribution < 1.29 is 13.9 Å². The van der Waals surface area contributed by atoms with Crippen molar-refractivity contribution in [1.82, 2.24) is 0 Å². The van der Waals surface area contributed by atoms with Gasteiger partial charge in [0.05, 0.1) is 4.90 Å². The molecule has 0 aliphatic rings. The first-order valence-corrected chi connectivity index (χ1v) is 7.57. The molecule has 2 N–H and O–H groups in total. The van der Waals surface area contributed by atoms with Crippen molar-refractivity contribution in [2.75, 3.05) is 0 Å². The summed E-state index contributed by atoms with van der Waals surface area (Å²) in [6, 6.07) is 6.91. The van der Waals surface area contributed by atoms with Crippen molar-refractivity contribution in [3.05, 3.63) is 29.8 Å². The molecular formula is C8H10I2O3S. The largest absolute Gasteiger partial charge is 0.412 e. The Labute approximate surface area is 111 Å². The molecule has 6 heteroatoms. The quantitative estimate of drug-likeness (QED) is 0.523. The first kappa shape index (κ1) is 14.6. The summed E-state index contributed by atoms with van der Waals surface area (Å²) in [5.74, 6) is 0. The van der Waals surface area contributed by atoms with Gasteiger partial charge in [-0.1, -0.05) is 62.9 Å². The molecule has 14 heavy (non-hydrogen) atoms. The molecule has 1 aromatic carbocycles. The first-order chi connectivity index (χ1) is 5.94. The summed E-state index contributed by atoms with van der Waals surface area (Å²) in [6.07, 6.45) is 0. The monoisotopic (exact) mass is 440 g/mol. The molecule has 0 aliphatic carbocycles. The highest BCUT2D eigenvalue weighted by Gasteiger charge is 2.21. The van der Waals surface area contributed by atoms with E-state index in [1.165, 1.54) is 0 Å². The average molecular weight is 440 g/mol. The van der Waals surface area contributed by atoms with E-state index < -0.39 is 11.1 Å². The Morgan fingerprint density at radius 1 is 1.14 bits per heavy atom. The Morgan fingerprint density at radius 3 is 1.93 bits per heavy atom. The minimum Gasteiger partial charge on any atom is -0.412 e. The van der Waals surface area contributed by atoms with Gasteiger partial charge in [0.25, 0.3) is 0 Å². The van der Waals surface area contributed by atoms with E-state index >= 15 is 0 Å². The van der Waals surface area contributed by atoms with Gasteiger partial charge in [-0.15, -0.1) is 0 Å². The summed E-state index contributed by atoms with van der Waals surface area (Å²) >= 11 is 3.79. The lowest BCUT2D eigenvalue weighted by atomic mass is 10.2. The lowest BCUT2D eigenvalue weighted by molar-refractivity contribution is 0.600. The SMILES string of the molecule is Cc1ccc(S(=O)(=O)C(I)I)cc1.O. The molecule has 0 bridgehead atoms. The molecule has 80 valence electrons. The molecule has 0 aromatic heterocycles. The fraction of sp³-hybridized carbons (Fsp3) is 0.250. The Hall–Kier alpha value is 0.590. The van der Waals surface area contributed by atoms with Crippen molar-refractivity contribution >= 4 is 55.0 Å². The van der Waals surface area contributed by atoms with E-state index in [0.717, 1.165) is 5.56 Å². The Morgan fingerprint density at radius 2 is 1.57 bits per heavy atom. The lowest BCUT2D eigenvalue weighted by Crippen LogP contribution is -2.07. The van der Waals surface area contributed by atoms with Crippen LogP contribution in [0.4, 0.5) is 0 Å². The van der Waals surface area contributed by atoms with Gasteiger partial charge in [0.2, 0.25) is 0 Å². The molecule has 0 atom stereocenters. The Kier molecular flexibility index (Phi) is 5.85. The van der Waals surface area contributed by atoms with E-state index in [9.17, 15) is 8.42 Å². The highest BCUT2D eigenvalue weighted by molar-refractivity contribution is 14.2. The van der Waals surface area contributed by atoms with Gasteiger partial charge in [-0.25, -0.2) is 8.42 Å². The van der Waals surface area contributed by atoms with E-state index in [0.29, 0.717) is 4.90 Å². The number of aryl methyl sites for hydroxylation is 1. The van der Waals surface area contributed by atoms with Gasteiger partial charge in [-0.05, 0) is 19.1 Å². The fourth-order valence-electron chi connectivity index (χ4n) is 0.831. The predicted molar refractivity (Wildman–Crippen MR) is 73.8 cm³/mol. The van der Waals surface area contributed by atoms with Crippen molar-refractivity contribution in [2.45, 2.75) is 13.1 Å². The van der Waals surface area contributed by atoms with Crippen molar-refractivity contribution in [1.29, 1.82) is 0 Å². The van der Waals surface area contributed by atoms with Gasteiger partial charge in [0.1, 0.15) is 0 Å². The number of hydrogen-bond donors (Lipinski definition) is 0. The van der Waals surface area contributed by atoms with E-state index in [2.05, 4.69) is 0 Å². The van der Waals surface area contributed by atoms with E-state index in [1.807, 2.05) is 64.2 Å². The maximum Gasteiger partial charge on any atom is 0.199 e. The molecule has 0 spiro atoms. The summed E-state index contributed by atoms with van der Waals surface area (Å²) in [5, 5.41) is 0. The highest BCUT2D eigenvalue weighted by Crippen LogP contribution is 2.25. The van der Waals surface area contributed by atoms with E-state index in [4.69, 9.17) is 0 Å². The summed E-state index contributed by atoms with van der Waals surface area (Å²) in [5.41, 5.74) is 1.07. The highest BCUT2D eigenvalue weighted by atomic mass is 127. The van der Waals surface area contributed by atoms with Crippen LogP contribution in [-0.4, -0.2) is 15.2 Å². The van der Waals surface area contributed by atoms with Crippen LogP contribution in [0.15, 0.2) is 29.2 Å². The third kappa shape index (κ3) is 3.31. The van der Waals surface area contributed by atoms with Gasteiger partial charge in [-0.2, -0.15) is 0 Å². The minimum absolute atomic E-state index is 0. The van der Waals surface area contributed by atoms with E-state index in [-0.39, 0.29) is 5.48 Å². The summed E-state index contributed by atoms with van der Waals surface area (Å²) in [4.78, 5) is 0.395. The molecule has 0 fully saturated rings. The Bertz CT molecular complexity index is 384. The number of alkyl halides is 2. The Balaban J connectivity index is 0.00000169. The topological polar surface area (TPSA) is 65.6 Å². The van der Waals surface area contributed by atoms with Gasteiger partial charge >= 0.3 is 0 Å². The summed E-state index contributed by atoms with van der Waals surface area (Å²) < 4.78 is 22.8. The number of rotatable bonds is 2. The lowest BCUT2D eigenvalue weighted by Gasteiger charge is -2.04. The normalized spacial score (nSPS) is 11.1. The fourth-order valence-corrected chi connectivity index (χ4v) is 3.31. The van der Waals surface area contributed by atoms with Crippen LogP contribution in [0.5, 0.6) is 0 Å². The van der Waals surface area contributed by atoms with Crippen LogP contribution in [0, 0.1) is 6.92 Å². The second kappa shape index (κ2) is 5.61. The smallest absolute Gasteiger partial charge is 0.199 e. The van der Waals surface area contributed by atoms with Crippen LogP contribution < -0.4 is 0 Å². The molecule has 1 aromatic rings. The molecular weight excluding hydrogens is 430 g/mol. The molecule has 0 radical (unpaired) electrons. The zero-order valence-electron chi connectivity index (χ0n) is 7.37. The standard InChI is InChI=1S/C8H8I2O2S.H2O/c1-6-2-4-7(5-3-6)13(11,12)8(9)10;/h2-5,8H,1H3;1H2. The van der Waals surface area contributed by atoms with Crippen LogP contribution >= 0.6 is 45.2 Å². The van der Waals surface area contributed by atoms with Gasteiger partial charge in [0.15, 0.2) is 11.1 Å². The van der Waals surface area contributed by atoms with Crippen LogP contribution in [0.25, 0.3) is 0 Å². The van der Waals surface area contributed by atoms with Gasteiger partial charge < -0.3 is 5.48 Å². The van der Waals surface area contributed by atoms with Crippen LogP contribution in [0.1, 0.15) is 5.56 Å². The zero-order valence-corrected chi connectivity index (χ0v) is 12.5. The third-order valence-corrected chi connectivity index (χ3v) is 7.00.